The molecule has 0 bridgehead atoms. The number of halogens is 1. The number of hydrogen-bond donors (Lipinski definition) is 1. The number of carbonyl (C=O) groups excluding carboxylic acids is 1. The number of amides is 1. The first-order chi connectivity index (χ1) is 10.6. The normalized spacial score (nSPS) is 26.1. The maximum atomic E-state index is 13.8. The largest absolute Gasteiger partial charge is 0.366 e. The molecule has 4 nitrogen and oxygen atoms in total. The minimum atomic E-state index is -0.186. The molecule has 0 unspecified atom stereocenters. The standard InChI is InChI=1S/C17H24FN3O/c1-13-12-14(6-7-19-13)17(22)21-10-8-20(9-11-21)16-5-3-2-4-15(16)18/h2-5,13-14,19H,6-12H2,1H3/t13-,14-/m0/s1. The third-order valence-electron chi connectivity index (χ3n) is 4.76. The molecule has 2 fully saturated rings. The first-order valence-corrected chi connectivity index (χ1v) is 8.17. The summed E-state index contributed by atoms with van der Waals surface area (Å²) in [6, 6.07) is 7.27. The van der Waals surface area contributed by atoms with Gasteiger partial charge in [0.05, 0.1) is 5.69 Å². The Bertz CT molecular complexity index is 528. The van der Waals surface area contributed by atoms with Gasteiger partial charge in [0, 0.05) is 38.1 Å². The number of anilines is 1. The van der Waals surface area contributed by atoms with Crippen molar-refractivity contribution in [3.05, 3.63) is 30.1 Å². The van der Waals surface area contributed by atoms with E-state index in [1.54, 1.807) is 12.1 Å². The zero-order valence-corrected chi connectivity index (χ0v) is 13.1. The summed E-state index contributed by atoms with van der Waals surface area (Å²) in [6.45, 7) is 5.83. The molecule has 2 atom stereocenters. The lowest BCUT2D eigenvalue weighted by molar-refractivity contribution is -0.137. The van der Waals surface area contributed by atoms with Crippen molar-refractivity contribution in [3.63, 3.8) is 0 Å². The van der Waals surface area contributed by atoms with E-state index >= 15 is 0 Å². The van der Waals surface area contributed by atoms with Crippen LogP contribution in [0.15, 0.2) is 24.3 Å². The van der Waals surface area contributed by atoms with Crippen molar-refractivity contribution in [2.75, 3.05) is 37.6 Å². The fraction of sp³-hybridized carbons (Fsp3) is 0.588. The van der Waals surface area contributed by atoms with Gasteiger partial charge in [-0.05, 0) is 38.4 Å². The molecule has 1 aromatic carbocycles. The topological polar surface area (TPSA) is 35.6 Å². The van der Waals surface area contributed by atoms with Gasteiger partial charge in [-0.3, -0.25) is 4.79 Å². The number of nitrogens with zero attached hydrogens (tertiary/aromatic N) is 2. The number of piperidine rings is 1. The quantitative estimate of drug-likeness (QED) is 0.906. The lowest BCUT2D eigenvalue weighted by atomic mass is 9.92. The summed E-state index contributed by atoms with van der Waals surface area (Å²) in [7, 11) is 0. The molecule has 5 heteroatoms. The van der Waals surface area contributed by atoms with Gasteiger partial charge in [0.1, 0.15) is 5.82 Å². The SMILES string of the molecule is C[C@H]1C[C@@H](C(=O)N2CCN(c3ccccc3F)CC2)CCN1. The van der Waals surface area contributed by atoms with Crippen LogP contribution in [0.5, 0.6) is 0 Å². The van der Waals surface area contributed by atoms with Gasteiger partial charge in [-0.1, -0.05) is 12.1 Å². The van der Waals surface area contributed by atoms with Crippen LogP contribution in [-0.4, -0.2) is 49.6 Å². The van der Waals surface area contributed by atoms with Gasteiger partial charge in [0.15, 0.2) is 0 Å². The van der Waals surface area contributed by atoms with E-state index < -0.39 is 0 Å². The molecule has 120 valence electrons. The summed E-state index contributed by atoms with van der Waals surface area (Å²) < 4.78 is 13.8. The molecule has 1 N–H and O–H groups in total. The van der Waals surface area contributed by atoms with E-state index in [4.69, 9.17) is 0 Å². The smallest absolute Gasteiger partial charge is 0.225 e. The van der Waals surface area contributed by atoms with Crippen LogP contribution in [0.4, 0.5) is 10.1 Å². The van der Waals surface area contributed by atoms with Gasteiger partial charge in [-0.25, -0.2) is 4.39 Å². The average Bonchev–Trinajstić information content (AvgIpc) is 2.55. The molecule has 22 heavy (non-hydrogen) atoms. The zero-order chi connectivity index (χ0) is 15.5. The molecule has 2 heterocycles. The summed E-state index contributed by atoms with van der Waals surface area (Å²) in [4.78, 5) is 16.6. The number of rotatable bonds is 2. The van der Waals surface area contributed by atoms with Crippen LogP contribution in [0.2, 0.25) is 0 Å². The zero-order valence-electron chi connectivity index (χ0n) is 13.1. The van der Waals surface area contributed by atoms with E-state index in [2.05, 4.69) is 12.2 Å². The highest BCUT2D eigenvalue weighted by atomic mass is 19.1. The van der Waals surface area contributed by atoms with E-state index in [1.807, 2.05) is 15.9 Å². The molecule has 0 radical (unpaired) electrons. The summed E-state index contributed by atoms with van der Waals surface area (Å²) in [5.74, 6) is 0.243. The van der Waals surface area contributed by atoms with Crippen molar-refractivity contribution >= 4 is 11.6 Å². The molecule has 0 spiro atoms. The molecule has 0 saturated carbocycles. The van der Waals surface area contributed by atoms with Crippen LogP contribution in [0.3, 0.4) is 0 Å². The Morgan fingerprint density at radius 1 is 1.23 bits per heavy atom. The lowest BCUT2D eigenvalue weighted by Crippen LogP contribution is -2.52. The second-order valence-corrected chi connectivity index (χ2v) is 6.34. The number of nitrogens with one attached hydrogen (secondary N) is 1. The number of para-hydroxylation sites is 1. The Balaban J connectivity index is 1.57. The molecule has 3 rings (SSSR count). The van der Waals surface area contributed by atoms with Crippen LogP contribution in [-0.2, 0) is 4.79 Å². The van der Waals surface area contributed by atoms with Crippen LogP contribution in [0.1, 0.15) is 19.8 Å². The molecular weight excluding hydrogens is 281 g/mol. The van der Waals surface area contributed by atoms with E-state index in [-0.39, 0.29) is 17.6 Å². The number of piperazine rings is 1. The highest BCUT2D eigenvalue weighted by Gasteiger charge is 2.30. The van der Waals surface area contributed by atoms with Gasteiger partial charge in [0.2, 0.25) is 5.91 Å². The number of carbonyl (C=O) groups is 1. The fourth-order valence-electron chi connectivity index (χ4n) is 3.49. The summed E-state index contributed by atoms with van der Waals surface area (Å²) in [5.41, 5.74) is 0.644. The van der Waals surface area contributed by atoms with Crippen molar-refractivity contribution in [1.29, 1.82) is 0 Å². The van der Waals surface area contributed by atoms with Crippen molar-refractivity contribution in [2.45, 2.75) is 25.8 Å². The highest BCUT2D eigenvalue weighted by molar-refractivity contribution is 5.79. The summed E-state index contributed by atoms with van der Waals surface area (Å²) >= 11 is 0. The van der Waals surface area contributed by atoms with Crippen molar-refractivity contribution in [1.82, 2.24) is 10.2 Å². The Labute approximate surface area is 131 Å². The maximum absolute atomic E-state index is 13.8. The maximum Gasteiger partial charge on any atom is 0.225 e. The summed E-state index contributed by atoms with van der Waals surface area (Å²) in [5, 5.41) is 3.38. The molecule has 2 aliphatic heterocycles. The van der Waals surface area contributed by atoms with E-state index in [0.717, 1.165) is 19.4 Å². The number of hydrogen-bond acceptors (Lipinski definition) is 3. The first kappa shape index (κ1) is 15.3. The van der Waals surface area contributed by atoms with E-state index in [9.17, 15) is 9.18 Å². The lowest BCUT2D eigenvalue weighted by Gasteiger charge is -2.39. The van der Waals surface area contributed by atoms with Gasteiger partial charge < -0.3 is 15.1 Å². The fourth-order valence-corrected chi connectivity index (χ4v) is 3.49. The molecule has 2 aliphatic rings. The minimum absolute atomic E-state index is 0.149. The third-order valence-corrected chi connectivity index (χ3v) is 4.76. The molecule has 1 amide bonds. The second kappa shape index (κ2) is 6.65. The Morgan fingerprint density at radius 2 is 1.95 bits per heavy atom. The van der Waals surface area contributed by atoms with E-state index in [1.165, 1.54) is 6.07 Å². The second-order valence-electron chi connectivity index (χ2n) is 6.34. The van der Waals surface area contributed by atoms with Crippen molar-refractivity contribution in [3.8, 4) is 0 Å². The Hall–Kier alpha value is -1.62. The monoisotopic (exact) mass is 305 g/mol. The molecular formula is C17H24FN3O. The Kier molecular flexibility index (Phi) is 4.62. The predicted molar refractivity (Wildman–Crippen MR) is 85.4 cm³/mol. The minimum Gasteiger partial charge on any atom is -0.366 e. The average molecular weight is 305 g/mol. The molecule has 2 saturated heterocycles. The van der Waals surface area contributed by atoms with Crippen LogP contribution in [0, 0.1) is 11.7 Å². The van der Waals surface area contributed by atoms with Gasteiger partial charge in [-0.15, -0.1) is 0 Å². The van der Waals surface area contributed by atoms with Crippen LogP contribution in [0.25, 0.3) is 0 Å². The van der Waals surface area contributed by atoms with Crippen LogP contribution >= 0.6 is 0 Å². The summed E-state index contributed by atoms with van der Waals surface area (Å²) in [6.07, 6.45) is 1.85. The third kappa shape index (κ3) is 3.24. The van der Waals surface area contributed by atoms with E-state index in [0.29, 0.717) is 37.9 Å². The van der Waals surface area contributed by atoms with Crippen molar-refractivity contribution < 1.29 is 9.18 Å². The number of benzene rings is 1. The van der Waals surface area contributed by atoms with Gasteiger partial charge in [-0.2, -0.15) is 0 Å². The van der Waals surface area contributed by atoms with Gasteiger partial charge >= 0.3 is 0 Å². The first-order valence-electron chi connectivity index (χ1n) is 8.17. The van der Waals surface area contributed by atoms with Crippen LogP contribution < -0.4 is 10.2 Å². The van der Waals surface area contributed by atoms with Gasteiger partial charge in [0.25, 0.3) is 0 Å². The molecule has 1 aromatic rings. The Morgan fingerprint density at radius 3 is 2.64 bits per heavy atom. The molecule has 0 aliphatic carbocycles. The predicted octanol–water partition coefficient (Wildman–Crippen LogP) is 1.86. The molecule has 0 aromatic heterocycles. The van der Waals surface area contributed by atoms with Crippen molar-refractivity contribution in [2.24, 2.45) is 5.92 Å². The highest BCUT2D eigenvalue weighted by Crippen LogP contribution is 2.23.